The molecule has 0 saturated heterocycles. The zero-order chi connectivity index (χ0) is 13.1. The Kier molecular flexibility index (Phi) is 9.07. The van der Waals surface area contributed by atoms with Crippen molar-refractivity contribution >= 4 is 13.7 Å². The van der Waals surface area contributed by atoms with Gasteiger partial charge in [-0.05, 0) is 13.8 Å². The van der Waals surface area contributed by atoms with Crippen LogP contribution in [0.3, 0.4) is 0 Å². The Morgan fingerprint density at radius 2 is 1.76 bits per heavy atom. The normalized spacial score (nSPS) is 11.4. The molecule has 0 aliphatic rings. The molecule has 7 nitrogen and oxygen atoms in total. The lowest BCUT2D eigenvalue weighted by Gasteiger charge is -2.16. The number of hydrogen-bond acceptors (Lipinski definition) is 5. The van der Waals surface area contributed by atoms with E-state index >= 15 is 0 Å². The maximum Gasteiger partial charge on any atom is 0.404 e. The quantitative estimate of drug-likeness (QED) is 0.405. The highest BCUT2D eigenvalue weighted by molar-refractivity contribution is 7.53. The highest BCUT2D eigenvalue weighted by Crippen LogP contribution is 2.47. The van der Waals surface area contributed by atoms with Crippen molar-refractivity contribution in [3.63, 3.8) is 0 Å². The number of carboxylic acid groups (broad SMARTS) is 1. The Morgan fingerprint density at radius 3 is 2.24 bits per heavy atom. The summed E-state index contributed by atoms with van der Waals surface area (Å²) in [6.07, 6.45) is -0.775. The summed E-state index contributed by atoms with van der Waals surface area (Å²) in [4.78, 5) is 10.1. The maximum atomic E-state index is 12.0. The third-order valence-corrected chi connectivity index (χ3v) is 3.87. The first-order valence-corrected chi connectivity index (χ1v) is 7.32. The topological polar surface area (TPSA) is 96.9 Å². The molecule has 0 fully saturated rings. The Morgan fingerprint density at radius 1 is 1.18 bits per heavy atom. The first-order chi connectivity index (χ1) is 8.04. The van der Waals surface area contributed by atoms with Gasteiger partial charge in [-0.3, -0.25) is 4.57 Å². The van der Waals surface area contributed by atoms with E-state index in [-0.39, 0.29) is 6.16 Å². The molecule has 0 spiro atoms. The van der Waals surface area contributed by atoms with Crippen LogP contribution in [0.2, 0.25) is 0 Å². The van der Waals surface area contributed by atoms with Crippen LogP contribution in [0.15, 0.2) is 0 Å². The summed E-state index contributed by atoms with van der Waals surface area (Å²) >= 11 is 0. The average Bonchev–Trinajstić information content (AvgIpc) is 2.23. The fourth-order valence-electron chi connectivity index (χ4n) is 1.16. The number of amides is 1. The molecule has 0 aromatic carbocycles. The van der Waals surface area contributed by atoms with Gasteiger partial charge >= 0.3 is 13.7 Å². The Bertz CT molecular complexity index is 252. The van der Waals surface area contributed by atoms with Crippen molar-refractivity contribution in [3.05, 3.63) is 0 Å². The van der Waals surface area contributed by atoms with Gasteiger partial charge < -0.3 is 24.8 Å². The standard InChI is InChI=1S/C9H21N2O5P/c1-3-15-17(14,16-4-2)8-7-10-5-6-11-9(12)13/h10-11H,3-8H2,1-2H3,(H,12,13). The fraction of sp³-hybridized carbons (Fsp3) is 0.889. The Labute approximate surface area is 101 Å². The minimum Gasteiger partial charge on any atom is -0.465 e. The van der Waals surface area contributed by atoms with Crippen molar-refractivity contribution in [2.75, 3.05) is 39.0 Å². The van der Waals surface area contributed by atoms with Gasteiger partial charge in [0.2, 0.25) is 0 Å². The second-order valence-electron chi connectivity index (χ2n) is 3.15. The second-order valence-corrected chi connectivity index (χ2v) is 5.34. The molecule has 0 heterocycles. The van der Waals surface area contributed by atoms with E-state index in [0.29, 0.717) is 32.8 Å². The highest BCUT2D eigenvalue weighted by Gasteiger charge is 2.22. The molecule has 8 heteroatoms. The predicted octanol–water partition coefficient (Wildman–Crippen LogP) is 1.11. The molecule has 0 aromatic heterocycles. The average molecular weight is 268 g/mol. The lowest BCUT2D eigenvalue weighted by Crippen LogP contribution is -2.32. The van der Waals surface area contributed by atoms with Gasteiger partial charge in [0.05, 0.1) is 19.4 Å². The van der Waals surface area contributed by atoms with Gasteiger partial charge in [-0.1, -0.05) is 0 Å². The van der Waals surface area contributed by atoms with Crippen LogP contribution in [0.5, 0.6) is 0 Å². The smallest absolute Gasteiger partial charge is 0.404 e. The number of rotatable bonds is 10. The number of carbonyl (C=O) groups is 1. The molecular formula is C9H21N2O5P. The molecular weight excluding hydrogens is 247 g/mol. The molecule has 102 valence electrons. The molecule has 0 radical (unpaired) electrons. The molecule has 0 unspecified atom stereocenters. The molecule has 0 saturated carbocycles. The van der Waals surface area contributed by atoms with Crippen molar-refractivity contribution in [2.24, 2.45) is 0 Å². The van der Waals surface area contributed by atoms with E-state index in [1.165, 1.54) is 0 Å². The molecule has 0 aliphatic carbocycles. The van der Waals surface area contributed by atoms with Crippen molar-refractivity contribution in [3.8, 4) is 0 Å². The lowest BCUT2D eigenvalue weighted by molar-refractivity contribution is 0.194. The monoisotopic (exact) mass is 268 g/mol. The van der Waals surface area contributed by atoms with Gasteiger partial charge in [-0.2, -0.15) is 0 Å². The Hall–Kier alpha value is -0.620. The summed E-state index contributed by atoms with van der Waals surface area (Å²) in [6, 6.07) is 0. The largest absolute Gasteiger partial charge is 0.465 e. The van der Waals surface area contributed by atoms with Crippen LogP contribution >= 0.6 is 7.60 Å². The van der Waals surface area contributed by atoms with Gasteiger partial charge in [0.15, 0.2) is 0 Å². The van der Waals surface area contributed by atoms with E-state index in [9.17, 15) is 9.36 Å². The second kappa shape index (κ2) is 9.41. The molecule has 0 bridgehead atoms. The van der Waals surface area contributed by atoms with Crippen LogP contribution in [-0.2, 0) is 13.6 Å². The molecule has 0 aliphatic heterocycles. The summed E-state index contributed by atoms with van der Waals surface area (Å²) in [7, 11) is -2.99. The molecule has 3 N–H and O–H groups in total. The summed E-state index contributed by atoms with van der Waals surface area (Å²) < 4.78 is 22.2. The van der Waals surface area contributed by atoms with Crippen molar-refractivity contribution in [1.29, 1.82) is 0 Å². The molecule has 17 heavy (non-hydrogen) atoms. The highest BCUT2D eigenvalue weighted by atomic mass is 31.2. The first kappa shape index (κ1) is 16.4. The van der Waals surface area contributed by atoms with E-state index in [1.807, 2.05) is 0 Å². The summed E-state index contributed by atoms with van der Waals surface area (Å²) in [6.45, 7) is 5.45. The van der Waals surface area contributed by atoms with E-state index < -0.39 is 13.7 Å². The van der Waals surface area contributed by atoms with Gasteiger partial charge in [-0.25, -0.2) is 4.79 Å². The van der Waals surface area contributed by atoms with Crippen LogP contribution in [0.4, 0.5) is 4.79 Å². The SMILES string of the molecule is CCOP(=O)(CCNCCNC(=O)O)OCC. The van der Waals surface area contributed by atoms with Crippen LogP contribution < -0.4 is 10.6 Å². The van der Waals surface area contributed by atoms with Gasteiger partial charge in [-0.15, -0.1) is 0 Å². The number of nitrogens with one attached hydrogen (secondary N) is 2. The third-order valence-electron chi connectivity index (χ3n) is 1.79. The number of hydrogen-bond donors (Lipinski definition) is 3. The van der Waals surface area contributed by atoms with E-state index in [2.05, 4.69) is 10.6 Å². The van der Waals surface area contributed by atoms with Gasteiger partial charge in [0.1, 0.15) is 0 Å². The van der Waals surface area contributed by atoms with Crippen molar-refractivity contribution < 1.29 is 23.5 Å². The van der Waals surface area contributed by atoms with E-state index in [0.717, 1.165) is 0 Å². The van der Waals surface area contributed by atoms with Crippen molar-refractivity contribution in [2.45, 2.75) is 13.8 Å². The van der Waals surface area contributed by atoms with Crippen molar-refractivity contribution in [1.82, 2.24) is 10.6 Å². The molecule has 0 atom stereocenters. The van der Waals surface area contributed by atoms with E-state index in [4.69, 9.17) is 14.2 Å². The van der Waals surface area contributed by atoms with Crippen LogP contribution in [0.1, 0.15) is 13.8 Å². The zero-order valence-electron chi connectivity index (χ0n) is 10.3. The van der Waals surface area contributed by atoms with Gasteiger partial charge in [0.25, 0.3) is 0 Å². The minimum atomic E-state index is -2.99. The van der Waals surface area contributed by atoms with Crippen LogP contribution in [0.25, 0.3) is 0 Å². The zero-order valence-corrected chi connectivity index (χ0v) is 11.2. The first-order valence-electron chi connectivity index (χ1n) is 5.59. The van der Waals surface area contributed by atoms with Crippen LogP contribution in [0, 0.1) is 0 Å². The summed E-state index contributed by atoms with van der Waals surface area (Å²) in [5.74, 6) is 0. The van der Waals surface area contributed by atoms with Crippen LogP contribution in [-0.4, -0.2) is 50.2 Å². The fourth-order valence-corrected chi connectivity index (χ4v) is 2.71. The lowest BCUT2D eigenvalue weighted by atomic mass is 10.6. The van der Waals surface area contributed by atoms with Gasteiger partial charge in [0, 0.05) is 19.6 Å². The minimum absolute atomic E-state index is 0.280. The Balaban J connectivity index is 3.68. The summed E-state index contributed by atoms with van der Waals surface area (Å²) in [5, 5.41) is 13.5. The third kappa shape index (κ3) is 9.12. The summed E-state index contributed by atoms with van der Waals surface area (Å²) in [5.41, 5.74) is 0. The molecule has 0 aromatic rings. The predicted molar refractivity (Wildman–Crippen MR) is 64.6 cm³/mol. The molecule has 0 rings (SSSR count). The maximum absolute atomic E-state index is 12.0. The van der Waals surface area contributed by atoms with E-state index in [1.54, 1.807) is 13.8 Å². The molecule has 1 amide bonds.